The van der Waals surface area contributed by atoms with Crippen LogP contribution in [-0.4, -0.2) is 28.6 Å². The van der Waals surface area contributed by atoms with Crippen LogP contribution in [0, 0.1) is 5.92 Å². The summed E-state index contributed by atoms with van der Waals surface area (Å²) in [4.78, 5) is 26.4. The van der Waals surface area contributed by atoms with Crippen LogP contribution in [0.4, 0.5) is 4.79 Å². The van der Waals surface area contributed by atoms with Crippen LogP contribution in [-0.2, 0) is 0 Å². The van der Waals surface area contributed by atoms with Crippen LogP contribution in [0.25, 0.3) is 0 Å². The lowest BCUT2D eigenvalue weighted by Gasteiger charge is -2.25. The lowest BCUT2D eigenvalue weighted by Crippen LogP contribution is -2.38. The zero-order valence-electron chi connectivity index (χ0n) is 11.4. The second kappa shape index (κ2) is 6.69. The molecule has 0 aromatic carbocycles. The van der Waals surface area contributed by atoms with Crippen LogP contribution in [0.2, 0.25) is 0 Å². The summed E-state index contributed by atoms with van der Waals surface area (Å²) in [6, 6.07) is -0.527. The minimum Gasteiger partial charge on any atom is -0.476 e. The minimum absolute atomic E-state index is 0.0176. The van der Waals surface area contributed by atoms with Gasteiger partial charge in [-0.1, -0.05) is 19.3 Å². The molecule has 1 aromatic heterocycles. The van der Waals surface area contributed by atoms with Crippen molar-refractivity contribution in [3.8, 4) is 0 Å². The van der Waals surface area contributed by atoms with Gasteiger partial charge in [-0.3, -0.25) is 0 Å². The van der Waals surface area contributed by atoms with Crippen LogP contribution in [0.15, 0.2) is 5.38 Å². The highest BCUT2D eigenvalue weighted by Gasteiger charge is 2.18. The van der Waals surface area contributed by atoms with Gasteiger partial charge in [0.1, 0.15) is 5.01 Å². The SMILES string of the molecule is CC(NC(=O)NCCC1CCC1)c1nc(C(=O)O)cs1. The molecule has 6 nitrogen and oxygen atoms in total. The molecule has 0 saturated heterocycles. The molecule has 3 N–H and O–H groups in total. The third-order valence-electron chi connectivity index (χ3n) is 3.52. The number of thiazole rings is 1. The van der Waals surface area contributed by atoms with Gasteiger partial charge in [-0.15, -0.1) is 11.3 Å². The van der Waals surface area contributed by atoms with E-state index in [1.807, 2.05) is 0 Å². The molecule has 110 valence electrons. The molecular formula is C13H19N3O3S. The lowest BCUT2D eigenvalue weighted by molar-refractivity contribution is 0.0691. The second-order valence-corrected chi connectivity index (χ2v) is 5.97. The molecule has 0 bridgehead atoms. The van der Waals surface area contributed by atoms with E-state index in [1.165, 1.54) is 36.0 Å². The number of aromatic nitrogens is 1. The summed E-state index contributed by atoms with van der Waals surface area (Å²) in [6.07, 6.45) is 4.89. The summed E-state index contributed by atoms with van der Waals surface area (Å²) in [5.41, 5.74) is 0.0176. The molecule has 1 unspecified atom stereocenters. The average molecular weight is 297 g/mol. The Hall–Kier alpha value is -1.63. The van der Waals surface area contributed by atoms with Gasteiger partial charge in [-0.2, -0.15) is 0 Å². The van der Waals surface area contributed by atoms with Gasteiger partial charge < -0.3 is 15.7 Å². The van der Waals surface area contributed by atoms with Crippen molar-refractivity contribution in [2.45, 2.75) is 38.6 Å². The number of rotatable bonds is 6. The Bertz CT molecular complexity index is 485. The summed E-state index contributed by atoms with van der Waals surface area (Å²) in [7, 11) is 0. The maximum atomic E-state index is 11.7. The molecule has 2 amide bonds. The Balaban J connectivity index is 1.72. The molecule has 1 saturated carbocycles. The molecular weight excluding hydrogens is 278 g/mol. The Labute approximate surface area is 121 Å². The van der Waals surface area contributed by atoms with Crippen molar-refractivity contribution in [1.29, 1.82) is 0 Å². The molecule has 1 fully saturated rings. The highest BCUT2D eigenvalue weighted by molar-refractivity contribution is 7.09. The Morgan fingerprint density at radius 3 is 2.85 bits per heavy atom. The van der Waals surface area contributed by atoms with E-state index in [0.29, 0.717) is 11.6 Å². The summed E-state index contributed by atoms with van der Waals surface area (Å²) in [6.45, 7) is 2.47. The predicted octanol–water partition coefficient (Wildman–Crippen LogP) is 2.39. The first-order valence-corrected chi connectivity index (χ1v) is 7.67. The number of hydrogen-bond acceptors (Lipinski definition) is 4. The molecule has 1 aliphatic carbocycles. The quantitative estimate of drug-likeness (QED) is 0.752. The minimum atomic E-state index is -1.05. The standard InChI is InChI=1S/C13H19N3O3S/c1-8(11-16-10(7-20-11)12(17)18)15-13(19)14-6-5-9-3-2-4-9/h7-9H,2-6H2,1H3,(H,17,18)(H2,14,15,19). The number of urea groups is 1. The van der Waals surface area contributed by atoms with Crippen molar-refractivity contribution in [3.05, 3.63) is 16.1 Å². The van der Waals surface area contributed by atoms with E-state index in [2.05, 4.69) is 15.6 Å². The molecule has 0 aliphatic heterocycles. The summed E-state index contributed by atoms with van der Waals surface area (Å²) in [5.74, 6) is -0.283. The fourth-order valence-corrected chi connectivity index (χ4v) is 2.87. The van der Waals surface area contributed by atoms with Gasteiger partial charge in [0.25, 0.3) is 0 Å². The van der Waals surface area contributed by atoms with Gasteiger partial charge in [0.05, 0.1) is 6.04 Å². The number of nitrogens with zero attached hydrogens (tertiary/aromatic N) is 1. The van der Waals surface area contributed by atoms with E-state index in [-0.39, 0.29) is 17.8 Å². The topological polar surface area (TPSA) is 91.3 Å². The van der Waals surface area contributed by atoms with Crippen LogP contribution in [0.5, 0.6) is 0 Å². The largest absolute Gasteiger partial charge is 0.476 e. The molecule has 1 atom stereocenters. The van der Waals surface area contributed by atoms with Crippen LogP contribution >= 0.6 is 11.3 Å². The number of carboxylic acids is 1. The van der Waals surface area contributed by atoms with Crippen molar-refractivity contribution in [2.75, 3.05) is 6.54 Å². The number of nitrogens with one attached hydrogen (secondary N) is 2. The fraction of sp³-hybridized carbons (Fsp3) is 0.615. The van der Waals surface area contributed by atoms with Crippen molar-refractivity contribution in [2.24, 2.45) is 5.92 Å². The zero-order valence-corrected chi connectivity index (χ0v) is 12.2. The maximum Gasteiger partial charge on any atom is 0.355 e. The number of carboxylic acid groups (broad SMARTS) is 1. The maximum absolute atomic E-state index is 11.7. The van der Waals surface area contributed by atoms with Gasteiger partial charge in [0, 0.05) is 11.9 Å². The molecule has 7 heteroatoms. The molecule has 1 aromatic rings. The van der Waals surface area contributed by atoms with Gasteiger partial charge in [0.15, 0.2) is 5.69 Å². The smallest absolute Gasteiger partial charge is 0.355 e. The Morgan fingerprint density at radius 2 is 2.30 bits per heavy atom. The Kier molecular flexibility index (Phi) is 4.94. The zero-order chi connectivity index (χ0) is 14.5. The molecule has 1 heterocycles. The molecule has 1 aliphatic rings. The van der Waals surface area contributed by atoms with Gasteiger partial charge >= 0.3 is 12.0 Å². The van der Waals surface area contributed by atoms with Crippen molar-refractivity contribution >= 4 is 23.3 Å². The first-order valence-electron chi connectivity index (χ1n) is 6.79. The number of carbonyl (C=O) groups is 2. The van der Waals surface area contributed by atoms with Gasteiger partial charge in [-0.25, -0.2) is 14.6 Å². The van der Waals surface area contributed by atoms with Crippen LogP contribution < -0.4 is 10.6 Å². The first-order chi connectivity index (χ1) is 9.56. The van der Waals surface area contributed by atoms with E-state index in [1.54, 1.807) is 6.92 Å². The number of hydrogen-bond donors (Lipinski definition) is 3. The van der Waals surface area contributed by atoms with Crippen molar-refractivity contribution < 1.29 is 14.7 Å². The predicted molar refractivity (Wildman–Crippen MR) is 76.0 cm³/mol. The van der Waals surface area contributed by atoms with E-state index in [4.69, 9.17) is 5.11 Å². The monoisotopic (exact) mass is 297 g/mol. The highest BCUT2D eigenvalue weighted by atomic mass is 32.1. The number of aromatic carboxylic acids is 1. The fourth-order valence-electron chi connectivity index (χ4n) is 2.07. The number of amides is 2. The summed E-state index contributed by atoms with van der Waals surface area (Å²) < 4.78 is 0. The van der Waals surface area contributed by atoms with E-state index in [9.17, 15) is 9.59 Å². The van der Waals surface area contributed by atoms with E-state index in [0.717, 1.165) is 12.3 Å². The average Bonchev–Trinajstić information content (AvgIpc) is 2.82. The van der Waals surface area contributed by atoms with Crippen molar-refractivity contribution in [1.82, 2.24) is 15.6 Å². The molecule has 20 heavy (non-hydrogen) atoms. The lowest BCUT2D eigenvalue weighted by atomic mass is 9.83. The van der Waals surface area contributed by atoms with Crippen LogP contribution in [0.1, 0.15) is 54.1 Å². The van der Waals surface area contributed by atoms with Gasteiger partial charge in [0.2, 0.25) is 0 Å². The second-order valence-electron chi connectivity index (χ2n) is 5.08. The third kappa shape index (κ3) is 3.93. The highest BCUT2D eigenvalue weighted by Crippen LogP contribution is 2.28. The Morgan fingerprint density at radius 1 is 1.55 bits per heavy atom. The summed E-state index contributed by atoms with van der Waals surface area (Å²) in [5, 5.41) is 16.5. The molecule has 0 radical (unpaired) electrons. The third-order valence-corrected chi connectivity index (χ3v) is 4.55. The number of carbonyl (C=O) groups excluding carboxylic acids is 1. The summed E-state index contributed by atoms with van der Waals surface area (Å²) >= 11 is 1.24. The first kappa shape index (κ1) is 14.8. The molecule has 0 spiro atoms. The van der Waals surface area contributed by atoms with E-state index < -0.39 is 5.97 Å². The van der Waals surface area contributed by atoms with Crippen molar-refractivity contribution in [3.63, 3.8) is 0 Å². The van der Waals surface area contributed by atoms with Crippen LogP contribution in [0.3, 0.4) is 0 Å². The normalized spacial score (nSPS) is 16.2. The van der Waals surface area contributed by atoms with E-state index >= 15 is 0 Å². The molecule has 2 rings (SSSR count). The van der Waals surface area contributed by atoms with Gasteiger partial charge in [-0.05, 0) is 19.3 Å².